The van der Waals surface area contributed by atoms with Gasteiger partial charge in [-0.15, -0.1) is 0 Å². The zero-order valence-corrected chi connectivity index (χ0v) is 10.9. The van der Waals surface area contributed by atoms with Crippen LogP contribution < -0.4 is 10.5 Å². The van der Waals surface area contributed by atoms with E-state index >= 15 is 0 Å². The maximum atomic E-state index is 13.4. The van der Waals surface area contributed by atoms with Crippen molar-refractivity contribution in [2.75, 3.05) is 5.73 Å². The highest BCUT2D eigenvalue weighted by Crippen LogP contribution is 2.28. The number of benzene rings is 2. The quantitative estimate of drug-likeness (QED) is 0.873. The number of anilines is 1. The van der Waals surface area contributed by atoms with Crippen LogP contribution in [0.3, 0.4) is 0 Å². The molecule has 0 spiro atoms. The Hall–Kier alpha value is -1.62. The molecule has 0 aromatic heterocycles. The third-order valence-electron chi connectivity index (χ3n) is 2.39. The number of nitrogens with two attached hydrogens (primary N) is 1. The number of hydrogen-bond acceptors (Lipinski definition) is 2. The highest BCUT2D eigenvalue weighted by atomic mass is 79.9. The van der Waals surface area contributed by atoms with E-state index in [1.807, 2.05) is 0 Å². The molecule has 0 fully saturated rings. The Kier molecular flexibility index (Phi) is 3.81. The third-order valence-corrected chi connectivity index (χ3v) is 3.04. The molecule has 0 saturated carbocycles. The van der Waals surface area contributed by atoms with Gasteiger partial charge in [-0.05, 0) is 40.2 Å². The lowest BCUT2D eigenvalue weighted by atomic mass is 10.2. The Labute approximate surface area is 112 Å². The number of halogens is 3. The zero-order chi connectivity index (χ0) is 13.1. The van der Waals surface area contributed by atoms with Crippen LogP contribution in [0.25, 0.3) is 0 Å². The van der Waals surface area contributed by atoms with Gasteiger partial charge in [-0.3, -0.25) is 0 Å². The summed E-state index contributed by atoms with van der Waals surface area (Å²) in [5.41, 5.74) is 6.02. The minimum absolute atomic E-state index is 0.105. The molecule has 0 aliphatic carbocycles. The van der Waals surface area contributed by atoms with E-state index in [0.29, 0.717) is 15.9 Å². The number of nitrogen functional groups attached to an aromatic ring is 1. The van der Waals surface area contributed by atoms with Crippen molar-refractivity contribution in [1.82, 2.24) is 0 Å². The summed E-state index contributed by atoms with van der Waals surface area (Å²) in [6.07, 6.45) is 0. The molecule has 18 heavy (non-hydrogen) atoms. The van der Waals surface area contributed by atoms with E-state index in [-0.39, 0.29) is 12.2 Å². The van der Waals surface area contributed by atoms with Gasteiger partial charge >= 0.3 is 0 Å². The number of rotatable bonds is 3. The lowest BCUT2D eigenvalue weighted by Gasteiger charge is -2.10. The van der Waals surface area contributed by atoms with Crippen LogP contribution in [0.1, 0.15) is 5.56 Å². The van der Waals surface area contributed by atoms with E-state index in [1.165, 1.54) is 18.2 Å². The molecule has 94 valence electrons. The first-order valence-electron chi connectivity index (χ1n) is 5.18. The predicted octanol–water partition coefficient (Wildman–Crippen LogP) is 3.89. The van der Waals surface area contributed by atoms with Crippen LogP contribution in [0.15, 0.2) is 40.9 Å². The Bertz CT molecular complexity index is 555. The first kappa shape index (κ1) is 12.8. The van der Waals surface area contributed by atoms with Crippen molar-refractivity contribution in [2.45, 2.75) is 6.61 Å². The Balaban J connectivity index is 2.19. The summed E-state index contributed by atoms with van der Waals surface area (Å²) in [5, 5.41) is 0. The van der Waals surface area contributed by atoms with Gasteiger partial charge in [-0.25, -0.2) is 8.78 Å². The smallest absolute Gasteiger partial charge is 0.136 e. The largest absolute Gasteiger partial charge is 0.487 e. The average molecular weight is 314 g/mol. The van der Waals surface area contributed by atoms with Crippen molar-refractivity contribution in [3.8, 4) is 5.75 Å². The molecule has 0 radical (unpaired) electrons. The van der Waals surface area contributed by atoms with Gasteiger partial charge in [-0.1, -0.05) is 6.07 Å². The van der Waals surface area contributed by atoms with Crippen LogP contribution in [0.2, 0.25) is 0 Å². The summed E-state index contributed by atoms with van der Waals surface area (Å²) in [6, 6.07) is 8.68. The SMILES string of the molecule is Nc1ccc(Br)c(OCc2c(F)cccc2F)c1. The molecule has 2 aromatic carbocycles. The third kappa shape index (κ3) is 2.79. The lowest BCUT2D eigenvalue weighted by molar-refractivity contribution is 0.291. The lowest BCUT2D eigenvalue weighted by Crippen LogP contribution is -2.02. The van der Waals surface area contributed by atoms with Crippen LogP contribution in [0.5, 0.6) is 5.75 Å². The minimum Gasteiger partial charge on any atom is -0.487 e. The van der Waals surface area contributed by atoms with Crippen LogP contribution in [0, 0.1) is 11.6 Å². The van der Waals surface area contributed by atoms with Gasteiger partial charge in [0.2, 0.25) is 0 Å². The topological polar surface area (TPSA) is 35.2 Å². The molecule has 0 aliphatic rings. The van der Waals surface area contributed by atoms with Crippen molar-refractivity contribution in [2.24, 2.45) is 0 Å². The molecular formula is C13H10BrF2NO. The standard InChI is InChI=1S/C13H10BrF2NO/c14-10-5-4-8(17)6-13(10)18-7-9-11(15)2-1-3-12(9)16/h1-6H,7,17H2. The Morgan fingerprint density at radius 3 is 2.44 bits per heavy atom. The van der Waals surface area contributed by atoms with E-state index in [2.05, 4.69) is 15.9 Å². The highest BCUT2D eigenvalue weighted by Gasteiger charge is 2.10. The van der Waals surface area contributed by atoms with Gasteiger partial charge in [0.05, 0.1) is 10.0 Å². The van der Waals surface area contributed by atoms with Gasteiger partial charge in [-0.2, -0.15) is 0 Å². The monoisotopic (exact) mass is 313 g/mol. The van der Waals surface area contributed by atoms with E-state index in [0.717, 1.165) is 0 Å². The summed E-state index contributed by atoms with van der Waals surface area (Å²) < 4.78 is 32.8. The van der Waals surface area contributed by atoms with Gasteiger partial charge in [0.15, 0.2) is 0 Å². The molecule has 0 aliphatic heterocycles. The molecule has 0 heterocycles. The first-order valence-corrected chi connectivity index (χ1v) is 5.98. The van der Waals surface area contributed by atoms with Crippen molar-refractivity contribution < 1.29 is 13.5 Å². The number of hydrogen-bond donors (Lipinski definition) is 1. The second-order valence-electron chi connectivity index (χ2n) is 3.68. The molecule has 0 amide bonds. The molecule has 5 heteroatoms. The van der Waals surface area contributed by atoms with Crippen molar-refractivity contribution in [3.63, 3.8) is 0 Å². The van der Waals surface area contributed by atoms with Crippen LogP contribution in [0.4, 0.5) is 14.5 Å². The summed E-state index contributed by atoms with van der Waals surface area (Å²) >= 11 is 3.27. The summed E-state index contributed by atoms with van der Waals surface area (Å²) in [4.78, 5) is 0. The van der Waals surface area contributed by atoms with Crippen LogP contribution in [-0.4, -0.2) is 0 Å². The van der Waals surface area contributed by atoms with Crippen LogP contribution in [-0.2, 0) is 6.61 Å². The highest BCUT2D eigenvalue weighted by molar-refractivity contribution is 9.10. The molecule has 2 nitrogen and oxygen atoms in total. The first-order chi connectivity index (χ1) is 8.58. The normalized spacial score (nSPS) is 10.4. The molecular weight excluding hydrogens is 304 g/mol. The predicted molar refractivity (Wildman–Crippen MR) is 69.2 cm³/mol. The fourth-order valence-electron chi connectivity index (χ4n) is 1.45. The van der Waals surface area contributed by atoms with E-state index in [9.17, 15) is 8.78 Å². The van der Waals surface area contributed by atoms with E-state index < -0.39 is 11.6 Å². The Morgan fingerprint density at radius 2 is 1.78 bits per heavy atom. The van der Waals surface area contributed by atoms with Crippen LogP contribution >= 0.6 is 15.9 Å². The summed E-state index contributed by atoms with van der Waals surface area (Å²) in [7, 11) is 0. The molecule has 0 bridgehead atoms. The fourth-order valence-corrected chi connectivity index (χ4v) is 1.81. The zero-order valence-electron chi connectivity index (χ0n) is 9.29. The van der Waals surface area contributed by atoms with E-state index in [1.54, 1.807) is 18.2 Å². The maximum Gasteiger partial charge on any atom is 0.136 e. The number of ether oxygens (including phenoxy) is 1. The Morgan fingerprint density at radius 1 is 1.11 bits per heavy atom. The fraction of sp³-hybridized carbons (Fsp3) is 0.0769. The second-order valence-corrected chi connectivity index (χ2v) is 4.53. The van der Waals surface area contributed by atoms with E-state index in [4.69, 9.17) is 10.5 Å². The molecule has 0 atom stereocenters. The molecule has 2 aromatic rings. The summed E-state index contributed by atoms with van der Waals surface area (Å²) in [6.45, 7) is -0.194. The molecule has 2 N–H and O–H groups in total. The van der Waals surface area contributed by atoms with Crippen molar-refractivity contribution in [1.29, 1.82) is 0 Å². The van der Waals surface area contributed by atoms with Crippen molar-refractivity contribution >= 4 is 21.6 Å². The molecule has 0 saturated heterocycles. The average Bonchev–Trinajstić information content (AvgIpc) is 2.33. The molecule has 0 unspecified atom stereocenters. The van der Waals surface area contributed by atoms with Gasteiger partial charge in [0.25, 0.3) is 0 Å². The van der Waals surface area contributed by atoms with Gasteiger partial charge < -0.3 is 10.5 Å². The van der Waals surface area contributed by atoms with Gasteiger partial charge in [0, 0.05) is 11.8 Å². The van der Waals surface area contributed by atoms with Crippen molar-refractivity contribution in [3.05, 3.63) is 58.1 Å². The second kappa shape index (κ2) is 5.35. The maximum absolute atomic E-state index is 13.4. The molecule has 2 rings (SSSR count). The van der Waals surface area contributed by atoms with Gasteiger partial charge in [0.1, 0.15) is 24.0 Å². The minimum atomic E-state index is -0.630. The summed E-state index contributed by atoms with van der Waals surface area (Å²) in [5.74, 6) is -0.817.